The van der Waals surface area contributed by atoms with Crippen LogP contribution in [-0.4, -0.2) is 39.6 Å². The van der Waals surface area contributed by atoms with Gasteiger partial charge in [0.2, 0.25) is 5.91 Å². The maximum atomic E-state index is 12.5. The number of hydrogen-bond donors (Lipinski definition) is 4. The summed E-state index contributed by atoms with van der Waals surface area (Å²) in [5.41, 5.74) is 0. The SMILES string of the molecule is CCCCCCCCC/C=C\C/C=C\C/C=C\C/C=C\CCCC(=O)N[C@@H](COP(=O)(O)O)[C@H](O)/C=C/CCCCCCCCCCCCC. The van der Waals surface area contributed by atoms with E-state index in [1.807, 2.05) is 6.08 Å². The van der Waals surface area contributed by atoms with Crippen LogP contribution in [0.5, 0.6) is 0 Å². The molecule has 0 aromatic carbocycles. The Labute approximate surface area is 307 Å². The van der Waals surface area contributed by atoms with Gasteiger partial charge in [-0.05, 0) is 57.8 Å². The highest BCUT2D eigenvalue weighted by Crippen LogP contribution is 2.35. The number of carbonyl (C=O) groups is 1. The summed E-state index contributed by atoms with van der Waals surface area (Å²) in [6, 6.07) is -0.940. The van der Waals surface area contributed by atoms with E-state index in [2.05, 4.69) is 72.3 Å². The molecule has 0 saturated carbocycles. The Hall–Kier alpha value is -1.76. The summed E-state index contributed by atoms with van der Waals surface area (Å²) in [6.07, 6.45) is 49.6. The van der Waals surface area contributed by atoms with Crippen molar-refractivity contribution in [1.29, 1.82) is 0 Å². The van der Waals surface area contributed by atoms with Gasteiger partial charge in [0.25, 0.3) is 0 Å². The number of aliphatic hydroxyl groups excluding tert-OH is 1. The summed E-state index contributed by atoms with van der Waals surface area (Å²) in [6.45, 7) is 4.03. The van der Waals surface area contributed by atoms with Gasteiger partial charge in [0.1, 0.15) is 0 Å². The lowest BCUT2D eigenvalue weighted by Crippen LogP contribution is -2.45. The Morgan fingerprint density at radius 1 is 0.580 bits per heavy atom. The number of allylic oxidation sites excluding steroid dienone is 9. The molecule has 0 bridgehead atoms. The molecule has 0 saturated heterocycles. The first-order chi connectivity index (χ1) is 24.3. The first kappa shape index (κ1) is 48.2. The quantitative estimate of drug-likeness (QED) is 0.0291. The second kappa shape index (κ2) is 37.0. The zero-order valence-corrected chi connectivity index (χ0v) is 32.9. The van der Waals surface area contributed by atoms with Crippen molar-refractivity contribution in [2.24, 2.45) is 0 Å². The molecule has 4 N–H and O–H groups in total. The molecule has 8 heteroatoms. The van der Waals surface area contributed by atoms with Gasteiger partial charge in [0, 0.05) is 6.42 Å². The molecule has 290 valence electrons. The Morgan fingerprint density at radius 3 is 1.40 bits per heavy atom. The lowest BCUT2D eigenvalue weighted by molar-refractivity contribution is -0.122. The number of aliphatic hydroxyl groups is 1. The molecule has 50 heavy (non-hydrogen) atoms. The zero-order chi connectivity index (χ0) is 36.8. The maximum absolute atomic E-state index is 12.5. The third-order valence-corrected chi connectivity index (χ3v) is 9.21. The van der Waals surface area contributed by atoms with Crippen molar-refractivity contribution >= 4 is 13.7 Å². The van der Waals surface area contributed by atoms with E-state index in [1.54, 1.807) is 6.08 Å². The minimum Gasteiger partial charge on any atom is -0.387 e. The Balaban J connectivity index is 4.12. The number of carbonyl (C=O) groups excluding carboxylic acids is 1. The summed E-state index contributed by atoms with van der Waals surface area (Å²) in [4.78, 5) is 30.8. The van der Waals surface area contributed by atoms with Crippen LogP contribution in [0.25, 0.3) is 0 Å². The smallest absolute Gasteiger partial charge is 0.387 e. The largest absolute Gasteiger partial charge is 0.469 e. The standard InChI is InChI=1S/C42H76NO6P/c1-3-5-7-9-11-13-15-17-18-19-20-21-22-23-24-26-28-30-32-34-36-38-42(45)43-40(39-49-50(46,47)48)41(44)37-35-33-31-29-27-25-16-14-12-10-8-6-4-2/h18-19,21-22,24,26,30,32,35,37,40-41,44H,3-17,20,23,25,27-29,31,33-34,36,38-39H2,1-2H3,(H,43,45)(H2,46,47,48)/b19-18-,22-21-,26-24-,32-30-,37-35+/t40-,41+/m0/s1. The van der Waals surface area contributed by atoms with Crippen LogP contribution in [0.4, 0.5) is 0 Å². The van der Waals surface area contributed by atoms with Gasteiger partial charge in [0.15, 0.2) is 0 Å². The average Bonchev–Trinajstić information content (AvgIpc) is 3.08. The molecule has 0 radical (unpaired) electrons. The first-order valence-corrected chi connectivity index (χ1v) is 21.8. The van der Waals surface area contributed by atoms with Gasteiger partial charge in [-0.3, -0.25) is 9.32 Å². The van der Waals surface area contributed by atoms with Crippen LogP contribution in [0.2, 0.25) is 0 Å². The fourth-order valence-corrected chi connectivity index (χ4v) is 5.98. The Bertz CT molecular complexity index is 954. The van der Waals surface area contributed by atoms with Crippen LogP contribution < -0.4 is 5.32 Å². The molecule has 7 nitrogen and oxygen atoms in total. The van der Waals surface area contributed by atoms with E-state index < -0.39 is 26.6 Å². The van der Waals surface area contributed by atoms with Gasteiger partial charge < -0.3 is 20.2 Å². The third-order valence-electron chi connectivity index (χ3n) is 8.72. The van der Waals surface area contributed by atoms with Crippen LogP contribution in [0.15, 0.2) is 60.8 Å². The van der Waals surface area contributed by atoms with Crippen molar-refractivity contribution in [3.63, 3.8) is 0 Å². The number of rotatable bonds is 36. The molecular weight excluding hydrogens is 645 g/mol. The molecule has 0 fully saturated rings. The van der Waals surface area contributed by atoms with E-state index in [1.165, 1.54) is 109 Å². The van der Waals surface area contributed by atoms with Gasteiger partial charge in [-0.1, -0.05) is 177 Å². The summed E-state index contributed by atoms with van der Waals surface area (Å²) < 4.78 is 15.9. The van der Waals surface area contributed by atoms with Crippen molar-refractivity contribution < 1.29 is 28.8 Å². The second-order valence-corrected chi connectivity index (χ2v) is 14.8. The highest BCUT2D eigenvalue weighted by atomic mass is 31.2. The number of phosphoric acid groups is 1. The van der Waals surface area contributed by atoms with E-state index in [9.17, 15) is 14.5 Å². The topological polar surface area (TPSA) is 116 Å². The molecule has 0 rings (SSSR count). The van der Waals surface area contributed by atoms with Crippen LogP contribution in [0.1, 0.15) is 181 Å². The van der Waals surface area contributed by atoms with Gasteiger partial charge in [-0.2, -0.15) is 0 Å². The van der Waals surface area contributed by atoms with Crippen LogP contribution in [-0.2, 0) is 13.9 Å². The van der Waals surface area contributed by atoms with Crippen LogP contribution in [0.3, 0.4) is 0 Å². The fourth-order valence-electron chi connectivity index (χ4n) is 5.63. The van der Waals surface area contributed by atoms with E-state index in [-0.39, 0.29) is 12.3 Å². The summed E-state index contributed by atoms with van der Waals surface area (Å²) in [5, 5.41) is 13.3. The molecule has 0 unspecified atom stereocenters. The van der Waals surface area contributed by atoms with E-state index in [0.717, 1.165) is 44.9 Å². The third kappa shape index (κ3) is 37.5. The molecule has 0 spiro atoms. The molecule has 1 amide bonds. The predicted molar refractivity (Wildman–Crippen MR) is 213 cm³/mol. The van der Waals surface area contributed by atoms with E-state index >= 15 is 0 Å². The lowest BCUT2D eigenvalue weighted by Gasteiger charge is -2.22. The highest BCUT2D eigenvalue weighted by Gasteiger charge is 2.24. The molecule has 2 atom stereocenters. The highest BCUT2D eigenvalue weighted by molar-refractivity contribution is 7.46. The van der Waals surface area contributed by atoms with Gasteiger partial charge in [-0.25, -0.2) is 4.57 Å². The Morgan fingerprint density at radius 2 is 0.960 bits per heavy atom. The maximum Gasteiger partial charge on any atom is 0.469 e. The summed E-state index contributed by atoms with van der Waals surface area (Å²) in [5.74, 6) is -0.283. The fraction of sp³-hybridized carbons (Fsp3) is 0.738. The van der Waals surface area contributed by atoms with Gasteiger partial charge in [0.05, 0.1) is 18.8 Å². The minimum absolute atomic E-state index is 0.250. The predicted octanol–water partition coefficient (Wildman–Crippen LogP) is 11.9. The van der Waals surface area contributed by atoms with Crippen LogP contribution in [0, 0.1) is 0 Å². The van der Waals surface area contributed by atoms with Crippen molar-refractivity contribution in [1.82, 2.24) is 5.32 Å². The molecule has 0 aliphatic heterocycles. The summed E-state index contributed by atoms with van der Waals surface area (Å²) >= 11 is 0. The molecule has 0 aromatic heterocycles. The van der Waals surface area contributed by atoms with Crippen molar-refractivity contribution in [2.45, 2.75) is 193 Å². The first-order valence-electron chi connectivity index (χ1n) is 20.2. The molecule has 0 heterocycles. The monoisotopic (exact) mass is 722 g/mol. The number of nitrogens with one attached hydrogen (secondary N) is 1. The Kier molecular flexibility index (Phi) is 35.7. The average molecular weight is 722 g/mol. The normalized spacial score (nSPS) is 13.9. The zero-order valence-electron chi connectivity index (χ0n) is 32.0. The molecular formula is C42H76NO6P. The lowest BCUT2D eigenvalue weighted by atomic mass is 10.0. The van der Waals surface area contributed by atoms with Gasteiger partial charge in [-0.15, -0.1) is 0 Å². The summed E-state index contributed by atoms with van der Waals surface area (Å²) in [7, 11) is -4.73. The van der Waals surface area contributed by atoms with Crippen molar-refractivity contribution in [3.05, 3.63) is 60.8 Å². The minimum atomic E-state index is -4.73. The van der Waals surface area contributed by atoms with E-state index in [0.29, 0.717) is 6.42 Å². The molecule has 0 aliphatic rings. The molecule has 0 aliphatic carbocycles. The molecule has 0 aromatic rings. The van der Waals surface area contributed by atoms with Gasteiger partial charge >= 0.3 is 7.82 Å². The second-order valence-electron chi connectivity index (χ2n) is 13.6. The number of phosphoric ester groups is 1. The number of amides is 1. The number of unbranched alkanes of at least 4 members (excludes halogenated alkanes) is 19. The number of hydrogen-bond acceptors (Lipinski definition) is 4. The van der Waals surface area contributed by atoms with Crippen molar-refractivity contribution in [3.8, 4) is 0 Å². The van der Waals surface area contributed by atoms with Crippen molar-refractivity contribution in [2.75, 3.05) is 6.61 Å². The van der Waals surface area contributed by atoms with E-state index in [4.69, 9.17) is 9.79 Å². The van der Waals surface area contributed by atoms with Crippen LogP contribution >= 0.6 is 7.82 Å².